The van der Waals surface area contributed by atoms with Gasteiger partial charge in [-0.15, -0.1) is 0 Å². The van der Waals surface area contributed by atoms with Crippen molar-refractivity contribution < 1.29 is 8.42 Å². The molecule has 2 rings (SSSR count). The van der Waals surface area contributed by atoms with Crippen LogP contribution in [0.4, 0.5) is 5.13 Å². The average molecular weight is 326 g/mol. The van der Waals surface area contributed by atoms with Crippen molar-refractivity contribution in [3.8, 4) is 0 Å². The van der Waals surface area contributed by atoms with Crippen molar-refractivity contribution in [3.63, 3.8) is 0 Å². The smallest absolute Gasteiger partial charge is 0.263 e. The highest BCUT2D eigenvalue weighted by molar-refractivity contribution is 7.93. The first-order valence-electron chi connectivity index (χ1n) is 6.52. The summed E-state index contributed by atoms with van der Waals surface area (Å²) in [5, 5.41) is 3.56. The van der Waals surface area contributed by atoms with Crippen LogP contribution < -0.4 is 10.0 Å². The lowest BCUT2D eigenvalue weighted by atomic mass is 10.2. The molecule has 0 saturated heterocycles. The van der Waals surface area contributed by atoms with E-state index >= 15 is 0 Å². The molecule has 6 nitrogen and oxygen atoms in total. The molecule has 0 aliphatic rings. The van der Waals surface area contributed by atoms with Crippen molar-refractivity contribution in [2.75, 3.05) is 4.72 Å². The third-order valence-corrected chi connectivity index (χ3v) is 4.90. The fourth-order valence-electron chi connectivity index (χ4n) is 1.62. The topological polar surface area (TPSA) is 84.0 Å². The number of hydrogen-bond acceptors (Lipinski definition) is 6. The molecule has 0 bridgehead atoms. The summed E-state index contributed by atoms with van der Waals surface area (Å²) in [6, 6.07) is 7.17. The highest BCUT2D eigenvalue weighted by Crippen LogP contribution is 2.18. The molecular weight excluding hydrogens is 308 g/mol. The molecule has 0 atom stereocenters. The van der Waals surface area contributed by atoms with Crippen LogP contribution in [0.2, 0.25) is 0 Å². The predicted octanol–water partition coefficient (Wildman–Crippen LogP) is 2.15. The first kappa shape index (κ1) is 15.9. The van der Waals surface area contributed by atoms with Crippen molar-refractivity contribution in [1.29, 1.82) is 0 Å². The SMILES string of the molecule is Cc1nsc(NS(=O)(=O)c2ccc(CNC(C)C)cc2)n1. The standard InChI is InChI=1S/C13H18N4O2S2/c1-9(2)14-8-11-4-6-12(7-5-11)21(18,19)17-13-15-10(3)16-20-13/h4-7,9,14H,8H2,1-3H3,(H,15,16,17). The lowest BCUT2D eigenvalue weighted by Gasteiger charge is -2.09. The van der Waals surface area contributed by atoms with Crippen molar-refractivity contribution in [3.05, 3.63) is 35.7 Å². The summed E-state index contributed by atoms with van der Waals surface area (Å²) in [7, 11) is -3.61. The zero-order chi connectivity index (χ0) is 15.5. The maximum Gasteiger partial charge on any atom is 0.263 e. The third kappa shape index (κ3) is 4.48. The van der Waals surface area contributed by atoms with Crippen LogP contribution in [0, 0.1) is 6.92 Å². The number of nitrogens with one attached hydrogen (secondary N) is 2. The molecule has 0 aliphatic heterocycles. The lowest BCUT2D eigenvalue weighted by Crippen LogP contribution is -2.21. The summed E-state index contributed by atoms with van der Waals surface area (Å²) < 4.78 is 30.8. The van der Waals surface area contributed by atoms with E-state index in [9.17, 15) is 8.42 Å². The normalized spacial score (nSPS) is 11.8. The summed E-state index contributed by atoms with van der Waals surface area (Å²) in [6.45, 7) is 6.55. The van der Waals surface area contributed by atoms with Gasteiger partial charge < -0.3 is 5.32 Å². The highest BCUT2D eigenvalue weighted by atomic mass is 32.2. The number of sulfonamides is 1. The summed E-state index contributed by atoms with van der Waals surface area (Å²) >= 11 is 1.02. The van der Waals surface area contributed by atoms with Gasteiger partial charge in [0.05, 0.1) is 4.90 Å². The second-order valence-corrected chi connectivity index (χ2v) is 7.37. The molecule has 0 radical (unpaired) electrons. The number of rotatable bonds is 6. The van der Waals surface area contributed by atoms with Crippen molar-refractivity contribution in [1.82, 2.24) is 14.7 Å². The molecule has 0 spiro atoms. The molecular formula is C13H18N4O2S2. The molecule has 8 heteroatoms. The molecule has 0 fully saturated rings. The van der Waals surface area contributed by atoms with Gasteiger partial charge in [-0.1, -0.05) is 26.0 Å². The molecule has 0 unspecified atom stereocenters. The predicted molar refractivity (Wildman–Crippen MR) is 83.9 cm³/mol. The van der Waals surface area contributed by atoms with E-state index in [0.717, 1.165) is 17.1 Å². The fourth-order valence-corrected chi connectivity index (χ4v) is 3.42. The number of aromatic nitrogens is 2. The van der Waals surface area contributed by atoms with Gasteiger partial charge in [0.1, 0.15) is 5.82 Å². The largest absolute Gasteiger partial charge is 0.310 e. The fraction of sp³-hybridized carbons (Fsp3) is 0.385. The molecule has 0 aliphatic carbocycles. The Morgan fingerprint density at radius 2 is 1.90 bits per heavy atom. The molecule has 114 valence electrons. The Morgan fingerprint density at radius 3 is 2.43 bits per heavy atom. The maximum atomic E-state index is 12.2. The van der Waals surface area contributed by atoms with Gasteiger partial charge in [0.25, 0.3) is 10.0 Å². The van der Waals surface area contributed by atoms with Gasteiger partial charge in [-0.3, -0.25) is 4.72 Å². The van der Waals surface area contributed by atoms with E-state index in [4.69, 9.17) is 0 Å². The van der Waals surface area contributed by atoms with Crippen LogP contribution in [-0.2, 0) is 16.6 Å². The molecule has 1 aromatic carbocycles. The molecule has 2 N–H and O–H groups in total. The van der Waals surface area contributed by atoms with Gasteiger partial charge in [0.2, 0.25) is 5.13 Å². The number of anilines is 1. The van der Waals surface area contributed by atoms with Crippen LogP contribution >= 0.6 is 11.5 Å². The summed E-state index contributed by atoms with van der Waals surface area (Å²) in [4.78, 5) is 4.21. The Balaban J connectivity index is 2.09. The quantitative estimate of drug-likeness (QED) is 0.850. The second kappa shape index (κ2) is 6.50. The van der Waals surface area contributed by atoms with E-state index in [0.29, 0.717) is 18.4 Å². The molecule has 1 aromatic heterocycles. The van der Waals surface area contributed by atoms with Gasteiger partial charge in [0, 0.05) is 24.1 Å². The van der Waals surface area contributed by atoms with Crippen molar-refractivity contribution in [2.24, 2.45) is 0 Å². The van der Waals surface area contributed by atoms with E-state index in [1.54, 1.807) is 31.2 Å². The monoisotopic (exact) mass is 326 g/mol. The highest BCUT2D eigenvalue weighted by Gasteiger charge is 2.16. The Hall–Kier alpha value is -1.51. The maximum absolute atomic E-state index is 12.2. The van der Waals surface area contributed by atoms with E-state index in [-0.39, 0.29) is 10.0 Å². The van der Waals surface area contributed by atoms with Gasteiger partial charge >= 0.3 is 0 Å². The van der Waals surface area contributed by atoms with Crippen LogP contribution in [0.3, 0.4) is 0 Å². The van der Waals surface area contributed by atoms with Gasteiger partial charge in [0.15, 0.2) is 0 Å². The minimum Gasteiger partial charge on any atom is -0.310 e. The number of aryl methyl sites for hydroxylation is 1. The van der Waals surface area contributed by atoms with E-state index < -0.39 is 10.0 Å². The lowest BCUT2D eigenvalue weighted by molar-refractivity contribution is 0.588. The van der Waals surface area contributed by atoms with Crippen LogP contribution in [0.1, 0.15) is 25.2 Å². The van der Waals surface area contributed by atoms with E-state index in [2.05, 4.69) is 33.2 Å². The summed E-state index contributed by atoms with van der Waals surface area (Å²) in [5.74, 6) is 0.549. The number of hydrogen-bond donors (Lipinski definition) is 2. The average Bonchev–Trinajstić information content (AvgIpc) is 2.81. The van der Waals surface area contributed by atoms with Gasteiger partial charge in [-0.2, -0.15) is 4.37 Å². The van der Waals surface area contributed by atoms with Crippen LogP contribution in [0.25, 0.3) is 0 Å². The minimum atomic E-state index is -3.61. The number of nitrogens with zero attached hydrogens (tertiary/aromatic N) is 2. The first-order chi connectivity index (χ1) is 9.87. The molecule has 21 heavy (non-hydrogen) atoms. The minimum absolute atomic E-state index is 0.212. The zero-order valence-electron chi connectivity index (χ0n) is 12.1. The summed E-state index contributed by atoms with van der Waals surface area (Å²) in [6.07, 6.45) is 0. The first-order valence-corrected chi connectivity index (χ1v) is 8.78. The molecule has 1 heterocycles. The van der Waals surface area contributed by atoms with Crippen molar-refractivity contribution >= 4 is 26.7 Å². The van der Waals surface area contributed by atoms with Crippen LogP contribution in [0.15, 0.2) is 29.2 Å². The van der Waals surface area contributed by atoms with Crippen molar-refractivity contribution in [2.45, 2.75) is 38.3 Å². The summed E-state index contributed by atoms with van der Waals surface area (Å²) in [5.41, 5.74) is 1.04. The Labute approximate surface area is 128 Å². The molecule has 2 aromatic rings. The van der Waals surface area contributed by atoms with Gasteiger partial charge in [-0.05, 0) is 24.6 Å². The number of benzene rings is 1. The van der Waals surface area contributed by atoms with Gasteiger partial charge in [-0.25, -0.2) is 13.4 Å². The van der Waals surface area contributed by atoms with Crippen LogP contribution in [0.5, 0.6) is 0 Å². The Morgan fingerprint density at radius 1 is 1.24 bits per heavy atom. The molecule has 0 amide bonds. The van der Waals surface area contributed by atoms with E-state index in [1.807, 2.05) is 0 Å². The second-order valence-electron chi connectivity index (χ2n) is 4.93. The van der Waals surface area contributed by atoms with E-state index in [1.165, 1.54) is 0 Å². The van der Waals surface area contributed by atoms with Crippen LogP contribution in [-0.4, -0.2) is 23.8 Å². The third-order valence-electron chi connectivity index (χ3n) is 2.70. The molecule has 0 saturated carbocycles. The zero-order valence-corrected chi connectivity index (χ0v) is 13.8. The Bertz CT molecular complexity index is 693. The Kier molecular flexibility index (Phi) is 4.92.